The lowest BCUT2D eigenvalue weighted by Gasteiger charge is -2.29. The number of alkyl halides is 5. The standard InChI is InChI=1S/C25H24F8O2/c1-2-3-15-4-6-16(7-5-15)17-8-9-19(20(26)12-17)25(32,33)35-18-13-21(27)23(22(28)14-18)34-11-10-24(29,30)31/h8-16H,2-7H2,1H3. The molecule has 0 atom stereocenters. The molecule has 0 saturated heterocycles. The fourth-order valence-electron chi connectivity index (χ4n) is 4.30. The average Bonchev–Trinajstić information content (AvgIpc) is 2.75. The van der Waals surface area contributed by atoms with Gasteiger partial charge >= 0.3 is 12.3 Å². The van der Waals surface area contributed by atoms with Crippen molar-refractivity contribution in [2.75, 3.05) is 0 Å². The summed E-state index contributed by atoms with van der Waals surface area (Å²) >= 11 is 0. The van der Waals surface area contributed by atoms with Crippen LogP contribution in [0.5, 0.6) is 11.5 Å². The lowest BCUT2D eigenvalue weighted by Crippen LogP contribution is -2.24. The topological polar surface area (TPSA) is 18.5 Å². The van der Waals surface area contributed by atoms with E-state index in [4.69, 9.17) is 0 Å². The highest BCUT2D eigenvalue weighted by molar-refractivity contribution is 5.36. The van der Waals surface area contributed by atoms with Gasteiger partial charge in [-0.1, -0.05) is 25.8 Å². The van der Waals surface area contributed by atoms with Crippen LogP contribution in [-0.4, -0.2) is 6.18 Å². The van der Waals surface area contributed by atoms with E-state index < -0.39 is 52.9 Å². The zero-order valence-electron chi connectivity index (χ0n) is 18.8. The molecular formula is C25H24F8O2. The summed E-state index contributed by atoms with van der Waals surface area (Å²) < 4.78 is 117. The Hall–Kier alpha value is -2.78. The molecule has 0 heterocycles. The minimum Gasteiger partial charge on any atom is -0.459 e. The smallest absolute Gasteiger partial charge is 0.429 e. The van der Waals surface area contributed by atoms with Gasteiger partial charge in [0, 0.05) is 12.1 Å². The molecule has 1 aliphatic carbocycles. The van der Waals surface area contributed by atoms with Crippen LogP contribution in [0.1, 0.15) is 62.5 Å². The molecule has 1 saturated carbocycles. The van der Waals surface area contributed by atoms with Crippen molar-refractivity contribution < 1.29 is 44.6 Å². The summed E-state index contributed by atoms with van der Waals surface area (Å²) in [6.07, 6.45) is -3.60. The van der Waals surface area contributed by atoms with Crippen molar-refractivity contribution in [1.82, 2.24) is 0 Å². The zero-order valence-corrected chi connectivity index (χ0v) is 18.8. The zero-order chi connectivity index (χ0) is 25.8. The second kappa shape index (κ2) is 10.9. The molecule has 192 valence electrons. The van der Waals surface area contributed by atoms with Gasteiger partial charge in [0.15, 0.2) is 17.4 Å². The van der Waals surface area contributed by atoms with Gasteiger partial charge in [-0.05, 0) is 55.2 Å². The fourth-order valence-corrected chi connectivity index (χ4v) is 4.30. The summed E-state index contributed by atoms with van der Waals surface area (Å²) in [6, 6.07) is 3.91. The number of hydrogen-bond donors (Lipinski definition) is 0. The maximum absolute atomic E-state index is 14.6. The van der Waals surface area contributed by atoms with Crippen LogP contribution >= 0.6 is 0 Å². The van der Waals surface area contributed by atoms with Crippen LogP contribution in [0.3, 0.4) is 0 Å². The van der Waals surface area contributed by atoms with Crippen LogP contribution in [0, 0.1) is 23.4 Å². The summed E-state index contributed by atoms with van der Waals surface area (Å²) in [4.78, 5) is 0. The summed E-state index contributed by atoms with van der Waals surface area (Å²) in [5, 5.41) is 0. The molecule has 0 N–H and O–H groups in total. The van der Waals surface area contributed by atoms with Crippen LogP contribution in [0.4, 0.5) is 35.1 Å². The molecule has 0 aromatic heterocycles. The van der Waals surface area contributed by atoms with Crippen molar-refractivity contribution in [3.8, 4) is 11.5 Å². The van der Waals surface area contributed by atoms with Gasteiger partial charge in [0.25, 0.3) is 0 Å². The van der Waals surface area contributed by atoms with Crippen LogP contribution < -0.4 is 9.47 Å². The monoisotopic (exact) mass is 508 g/mol. The number of allylic oxidation sites excluding steroid dienone is 1. The van der Waals surface area contributed by atoms with Gasteiger partial charge in [-0.3, -0.25) is 0 Å². The van der Waals surface area contributed by atoms with Gasteiger partial charge in [0.2, 0.25) is 0 Å². The van der Waals surface area contributed by atoms with E-state index in [2.05, 4.69) is 16.4 Å². The van der Waals surface area contributed by atoms with E-state index in [0.717, 1.165) is 50.7 Å². The molecule has 2 aromatic rings. The number of halogens is 8. The second-order valence-electron chi connectivity index (χ2n) is 8.54. The molecule has 1 aliphatic rings. The summed E-state index contributed by atoms with van der Waals surface area (Å²) in [5.74, 6) is -5.96. The molecule has 0 radical (unpaired) electrons. The number of benzene rings is 2. The van der Waals surface area contributed by atoms with Gasteiger partial charge in [0.1, 0.15) is 11.6 Å². The van der Waals surface area contributed by atoms with E-state index in [9.17, 15) is 35.1 Å². The predicted octanol–water partition coefficient (Wildman–Crippen LogP) is 8.76. The molecule has 0 bridgehead atoms. The Bertz CT molecular complexity index is 1020. The summed E-state index contributed by atoms with van der Waals surface area (Å²) in [5.41, 5.74) is -0.516. The van der Waals surface area contributed by atoms with Crippen LogP contribution in [0.15, 0.2) is 42.7 Å². The van der Waals surface area contributed by atoms with Crippen molar-refractivity contribution in [3.63, 3.8) is 0 Å². The lowest BCUT2D eigenvalue weighted by molar-refractivity contribution is -0.187. The molecule has 0 unspecified atom stereocenters. The third-order valence-corrected chi connectivity index (χ3v) is 5.98. The highest BCUT2D eigenvalue weighted by Gasteiger charge is 2.38. The maximum atomic E-state index is 14.6. The van der Waals surface area contributed by atoms with Crippen molar-refractivity contribution in [2.24, 2.45) is 5.92 Å². The van der Waals surface area contributed by atoms with Crippen LogP contribution in [0.25, 0.3) is 0 Å². The molecule has 0 spiro atoms. The molecule has 35 heavy (non-hydrogen) atoms. The Balaban J connectivity index is 1.72. The highest BCUT2D eigenvalue weighted by Crippen LogP contribution is 2.40. The van der Waals surface area contributed by atoms with E-state index in [1.807, 2.05) is 0 Å². The summed E-state index contributed by atoms with van der Waals surface area (Å²) in [7, 11) is 0. The van der Waals surface area contributed by atoms with Crippen LogP contribution in [-0.2, 0) is 6.11 Å². The normalized spacial score (nSPS) is 19.2. The highest BCUT2D eigenvalue weighted by atomic mass is 19.4. The van der Waals surface area contributed by atoms with Gasteiger partial charge in [0.05, 0.1) is 17.9 Å². The first-order chi connectivity index (χ1) is 16.4. The van der Waals surface area contributed by atoms with Crippen molar-refractivity contribution in [2.45, 2.75) is 63.7 Å². The fraction of sp³-hybridized carbons (Fsp3) is 0.440. The first-order valence-corrected chi connectivity index (χ1v) is 11.2. The Morgan fingerprint density at radius 2 is 1.51 bits per heavy atom. The van der Waals surface area contributed by atoms with Gasteiger partial charge in [-0.2, -0.15) is 22.0 Å². The van der Waals surface area contributed by atoms with Crippen molar-refractivity contribution in [1.29, 1.82) is 0 Å². The molecule has 10 heteroatoms. The molecular weight excluding hydrogens is 484 g/mol. The average molecular weight is 508 g/mol. The number of rotatable bonds is 8. The van der Waals surface area contributed by atoms with E-state index in [1.165, 1.54) is 6.07 Å². The molecule has 1 fully saturated rings. The summed E-state index contributed by atoms with van der Waals surface area (Å²) in [6.45, 7) is 2.11. The van der Waals surface area contributed by atoms with Crippen molar-refractivity contribution in [3.05, 3.63) is 71.2 Å². The number of hydrogen-bond acceptors (Lipinski definition) is 2. The Morgan fingerprint density at radius 1 is 0.886 bits per heavy atom. The molecule has 2 nitrogen and oxygen atoms in total. The van der Waals surface area contributed by atoms with Gasteiger partial charge in [-0.25, -0.2) is 13.2 Å². The van der Waals surface area contributed by atoms with E-state index >= 15 is 0 Å². The SMILES string of the molecule is CCCC1CCC(c2ccc(C(F)(F)Oc3cc(F)c(OC=CC(F)(F)F)c(F)c3)c(F)c2)CC1. The first kappa shape index (κ1) is 26.8. The lowest BCUT2D eigenvalue weighted by atomic mass is 9.77. The third-order valence-electron chi connectivity index (χ3n) is 5.98. The minimum atomic E-state index is -4.79. The van der Waals surface area contributed by atoms with Crippen molar-refractivity contribution >= 4 is 0 Å². The maximum Gasteiger partial charge on any atom is 0.429 e. The Kier molecular flexibility index (Phi) is 8.33. The molecule has 3 rings (SSSR count). The quantitative estimate of drug-likeness (QED) is 0.262. The Labute approximate surface area is 197 Å². The molecule has 2 aromatic carbocycles. The third kappa shape index (κ3) is 7.11. The first-order valence-electron chi connectivity index (χ1n) is 11.2. The predicted molar refractivity (Wildman–Crippen MR) is 113 cm³/mol. The molecule has 0 aliphatic heterocycles. The number of ether oxygens (including phenoxy) is 2. The minimum absolute atomic E-state index is 0.00380. The van der Waals surface area contributed by atoms with E-state index in [-0.39, 0.29) is 12.2 Å². The Morgan fingerprint density at radius 3 is 2.06 bits per heavy atom. The van der Waals surface area contributed by atoms with Gasteiger partial charge < -0.3 is 9.47 Å². The van der Waals surface area contributed by atoms with E-state index in [1.54, 1.807) is 0 Å². The second-order valence-corrected chi connectivity index (χ2v) is 8.54. The molecule has 0 amide bonds. The largest absolute Gasteiger partial charge is 0.459 e. The van der Waals surface area contributed by atoms with Gasteiger partial charge in [-0.15, -0.1) is 0 Å². The van der Waals surface area contributed by atoms with Crippen LogP contribution in [0.2, 0.25) is 0 Å². The van der Waals surface area contributed by atoms with E-state index in [0.29, 0.717) is 23.6 Å².